The van der Waals surface area contributed by atoms with E-state index in [0.717, 1.165) is 34.3 Å². The number of amides is 2. The maximum Gasteiger partial charge on any atom is 0.352 e. The fraction of sp³-hybridized carbons (Fsp3) is 0.375. The SMILES string of the molecule is CS(=O)(=O)CC1=C(C(=O)O)N2C(=O)C(NC(=O)C(=NOCC(=O)O)c3cscn3)[C@@H]2SC1. The first kappa shape index (κ1) is 23.7. The lowest BCUT2D eigenvalue weighted by Crippen LogP contribution is -2.71. The van der Waals surface area contributed by atoms with Gasteiger partial charge in [0.05, 0.1) is 11.3 Å². The largest absolute Gasteiger partial charge is 0.479 e. The van der Waals surface area contributed by atoms with E-state index in [9.17, 15) is 32.7 Å². The molecule has 1 fully saturated rings. The molecule has 2 aliphatic rings. The van der Waals surface area contributed by atoms with Crippen LogP contribution in [-0.4, -0.2) is 93.8 Å². The van der Waals surface area contributed by atoms with Crippen LogP contribution in [0.15, 0.2) is 27.3 Å². The molecule has 172 valence electrons. The summed E-state index contributed by atoms with van der Waals surface area (Å²) >= 11 is 2.26. The Labute approximate surface area is 189 Å². The average Bonchev–Trinajstić information content (AvgIpc) is 3.21. The third-order valence-corrected chi connectivity index (χ3v) is 7.01. The van der Waals surface area contributed by atoms with Gasteiger partial charge in [0, 0.05) is 17.4 Å². The Morgan fingerprint density at radius 1 is 1.38 bits per heavy atom. The van der Waals surface area contributed by atoms with E-state index in [1.54, 1.807) is 0 Å². The number of aromatic nitrogens is 1. The van der Waals surface area contributed by atoms with Crippen LogP contribution in [0.25, 0.3) is 0 Å². The van der Waals surface area contributed by atoms with Gasteiger partial charge in [-0.1, -0.05) is 5.16 Å². The number of aliphatic carboxylic acids is 2. The average molecular weight is 505 g/mol. The van der Waals surface area contributed by atoms with Gasteiger partial charge in [-0.25, -0.2) is 23.0 Å². The predicted molar refractivity (Wildman–Crippen MR) is 112 cm³/mol. The highest BCUT2D eigenvalue weighted by Crippen LogP contribution is 2.40. The number of sulfone groups is 1. The highest BCUT2D eigenvalue weighted by molar-refractivity contribution is 8.00. The number of carboxylic acid groups (broad SMARTS) is 2. The number of fused-ring (bicyclic) bond motifs is 1. The molecule has 1 unspecified atom stereocenters. The lowest BCUT2D eigenvalue weighted by atomic mass is 10.0. The number of thioether (sulfide) groups is 1. The molecule has 1 aromatic heterocycles. The molecular weight excluding hydrogens is 488 g/mol. The van der Waals surface area contributed by atoms with Gasteiger partial charge < -0.3 is 20.4 Å². The quantitative estimate of drug-likeness (QED) is 0.206. The van der Waals surface area contributed by atoms with Crippen molar-refractivity contribution in [1.29, 1.82) is 0 Å². The molecule has 16 heteroatoms. The molecule has 1 aromatic rings. The van der Waals surface area contributed by atoms with Crippen molar-refractivity contribution >= 4 is 62.4 Å². The lowest BCUT2D eigenvalue weighted by Gasteiger charge is -2.49. The Morgan fingerprint density at radius 3 is 2.66 bits per heavy atom. The summed E-state index contributed by atoms with van der Waals surface area (Å²) in [7, 11) is -3.53. The molecule has 0 spiro atoms. The van der Waals surface area contributed by atoms with Gasteiger partial charge in [-0.15, -0.1) is 23.1 Å². The number of hydrogen-bond acceptors (Lipinski definition) is 11. The molecule has 2 aliphatic heterocycles. The molecule has 0 radical (unpaired) electrons. The predicted octanol–water partition coefficient (Wildman–Crippen LogP) is -1.27. The highest BCUT2D eigenvalue weighted by atomic mass is 32.2. The summed E-state index contributed by atoms with van der Waals surface area (Å²) in [6, 6.07) is -1.11. The first-order valence-electron chi connectivity index (χ1n) is 8.68. The first-order valence-corrected chi connectivity index (χ1v) is 12.7. The van der Waals surface area contributed by atoms with Crippen LogP contribution in [-0.2, 0) is 33.9 Å². The number of nitrogens with one attached hydrogen (secondary N) is 1. The fourth-order valence-corrected chi connectivity index (χ4v) is 5.89. The zero-order chi connectivity index (χ0) is 23.6. The van der Waals surface area contributed by atoms with Crippen molar-refractivity contribution in [2.45, 2.75) is 11.4 Å². The molecule has 3 rings (SSSR count). The van der Waals surface area contributed by atoms with Crippen molar-refractivity contribution in [3.05, 3.63) is 27.9 Å². The third-order valence-electron chi connectivity index (χ3n) is 4.21. The van der Waals surface area contributed by atoms with Crippen LogP contribution in [0.2, 0.25) is 0 Å². The second-order valence-corrected chi connectivity index (χ2v) is 10.6. The van der Waals surface area contributed by atoms with Gasteiger partial charge in [-0.05, 0) is 5.57 Å². The van der Waals surface area contributed by atoms with E-state index in [4.69, 9.17) is 5.11 Å². The third kappa shape index (κ3) is 5.08. The second kappa shape index (κ2) is 9.25. The summed E-state index contributed by atoms with van der Waals surface area (Å²) < 4.78 is 23.2. The molecule has 0 bridgehead atoms. The number of nitrogens with zero attached hydrogens (tertiary/aromatic N) is 3. The van der Waals surface area contributed by atoms with Gasteiger partial charge in [-0.3, -0.25) is 14.5 Å². The minimum Gasteiger partial charge on any atom is -0.479 e. The standard InChI is InChI=1S/C16H16N4O9S3/c1-32(27,28)5-7-3-31-15-11(14(24)20(15)12(7)16(25)26)18-13(23)10(8-4-30-6-17-8)19-29-2-9(21)22/h4,6,11,15H,2-3,5H2,1H3,(H,18,23)(H,21,22)(H,25,26)/t11?,15-/m0/s1. The summed E-state index contributed by atoms with van der Waals surface area (Å²) in [5.41, 5.74) is 0.834. The van der Waals surface area contributed by atoms with Crippen molar-refractivity contribution in [3.8, 4) is 0 Å². The number of β-lactam (4-membered cyclic amide) rings is 1. The lowest BCUT2D eigenvalue weighted by molar-refractivity contribution is -0.150. The number of rotatable bonds is 9. The highest BCUT2D eigenvalue weighted by Gasteiger charge is 2.54. The molecule has 2 amide bonds. The van der Waals surface area contributed by atoms with Gasteiger partial charge in [0.2, 0.25) is 6.61 Å². The minimum atomic E-state index is -3.53. The normalized spacial score (nSPS) is 21.0. The van der Waals surface area contributed by atoms with Crippen LogP contribution >= 0.6 is 23.1 Å². The van der Waals surface area contributed by atoms with Crippen molar-refractivity contribution < 1.29 is 42.6 Å². The smallest absolute Gasteiger partial charge is 0.352 e. The van der Waals surface area contributed by atoms with E-state index in [-0.39, 0.29) is 22.7 Å². The van der Waals surface area contributed by atoms with Gasteiger partial charge in [0.15, 0.2) is 15.5 Å². The van der Waals surface area contributed by atoms with Crippen LogP contribution in [0.3, 0.4) is 0 Å². The summed E-state index contributed by atoms with van der Waals surface area (Å²) in [4.78, 5) is 57.2. The molecule has 32 heavy (non-hydrogen) atoms. The Balaban J connectivity index is 1.80. The summed E-state index contributed by atoms with van der Waals surface area (Å²) in [6.07, 6.45) is 0.961. The zero-order valence-corrected chi connectivity index (χ0v) is 18.7. The Morgan fingerprint density at radius 2 is 2.09 bits per heavy atom. The van der Waals surface area contributed by atoms with Gasteiger partial charge in [0.1, 0.15) is 22.8 Å². The van der Waals surface area contributed by atoms with E-state index in [1.807, 2.05) is 0 Å². The van der Waals surface area contributed by atoms with E-state index in [2.05, 4.69) is 20.3 Å². The molecule has 13 nitrogen and oxygen atoms in total. The minimum absolute atomic E-state index is 0.0459. The van der Waals surface area contributed by atoms with Crippen LogP contribution in [0.5, 0.6) is 0 Å². The number of carboxylic acids is 2. The molecule has 0 aliphatic carbocycles. The molecule has 3 heterocycles. The van der Waals surface area contributed by atoms with Crippen molar-refractivity contribution in [3.63, 3.8) is 0 Å². The van der Waals surface area contributed by atoms with Crippen LogP contribution in [0, 0.1) is 0 Å². The van der Waals surface area contributed by atoms with Gasteiger partial charge in [-0.2, -0.15) is 0 Å². The van der Waals surface area contributed by atoms with Gasteiger partial charge >= 0.3 is 11.9 Å². The first-order chi connectivity index (χ1) is 15.0. The number of carbonyl (C=O) groups excluding carboxylic acids is 2. The fourth-order valence-electron chi connectivity index (χ4n) is 3.01. The maximum absolute atomic E-state index is 12.7. The zero-order valence-electron chi connectivity index (χ0n) is 16.2. The van der Waals surface area contributed by atoms with Crippen molar-refractivity contribution in [2.24, 2.45) is 5.16 Å². The molecular formula is C16H16N4O9S3. The Hall–Kier alpha value is -2.98. The number of thiazole rings is 1. The van der Waals surface area contributed by atoms with E-state index in [1.165, 1.54) is 10.9 Å². The maximum atomic E-state index is 12.7. The van der Waals surface area contributed by atoms with E-state index < -0.39 is 63.1 Å². The van der Waals surface area contributed by atoms with Crippen LogP contribution in [0.1, 0.15) is 5.69 Å². The summed E-state index contributed by atoms with van der Waals surface area (Å²) in [5.74, 6) is -4.82. The molecule has 3 N–H and O–H groups in total. The van der Waals surface area contributed by atoms with Crippen molar-refractivity contribution in [2.75, 3.05) is 24.4 Å². The molecule has 1 saturated heterocycles. The van der Waals surface area contributed by atoms with E-state index in [0.29, 0.717) is 0 Å². The summed E-state index contributed by atoms with van der Waals surface area (Å²) in [6.45, 7) is -0.800. The Kier molecular flexibility index (Phi) is 6.85. The number of oxime groups is 1. The molecule has 2 atom stereocenters. The van der Waals surface area contributed by atoms with Crippen LogP contribution < -0.4 is 5.32 Å². The van der Waals surface area contributed by atoms with Gasteiger partial charge in [0.25, 0.3) is 11.8 Å². The Bertz CT molecular complexity index is 1130. The molecule has 0 saturated carbocycles. The van der Waals surface area contributed by atoms with Crippen LogP contribution in [0.4, 0.5) is 0 Å². The monoisotopic (exact) mass is 504 g/mol. The summed E-state index contributed by atoms with van der Waals surface area (Å²) in [5, 5.41) is 24.8. The van der Waals surface area contributed by atoms with Crippen molar-refractivity contribution in [1.82, 2.24) is 15.2 Å². The topological polar surface area (TPSA) is 193 Å². The second-order valence-electron chi connectivity index (χ2n) is 6.67. The molecule has 0 aromatic carbocycles. The number of hydrogen-bond donors (Lipinski definition) is 3. The number of carbonyl (C=O) groups is 4. The van der Waals surface area contributed by atoms with E-state index >= 15 is 0 Å².